The maximum atomic E-state index is 9.14. The van der Waals surface area contributed by atoms with E-state index in [0.717, 1.165) is 34.6 Å². The summed E-state index contributed by atoms with van der Waals surface area (Å²) in [6, 6.07) is 26.2. The molecule has 0 amide bonds. The number of hydrogen-bond acceptors (Lipinski definition) is 7. The Morgan fingerprint density at radius 2 is 1.59 bits per heavy atom. The Balaban J connectivity index is 1.54. The number of benzene rings is 3. The lowest BCUT2D eigenvalue weighted by Crippen LogP contribution is -2.54. The van der Waals surface area contributed by atoms with Crippen LogP contribution in [0.25, 0.3) is 0 Å². The van der Waals surface area contributed by atoms with Gasteiger partial charge in [0.1, 0.15) is 24.9 Å². The van der Waals surface area contributed by atoms with E-state index in [0.29, 0.717) is 19.6 Å². The number of ether oxygens (including phenoxy) is 2. The summed E-state index contributed by atoms with van der Waals surface area (Å²) < 4.78 is 28.2. The van der Waals surface area contributed by atoms with Crippen LogP contribution in [-0.2, 0) is 19.3 Å². The summed E-state index contributed by atoms with van der Waals surface area (Å²) in [5.41, 5.74) is 5.00. The van der Waals surface area contributed by atoms with Gasteiger partial charge in [-0.2, -0.15) is 5.26 Å². The van der Waals surface area contributed by atoms with E-state index in [1.165, 1.54) is 11.1 Å². The highest BCUT2D eigenvalue weighted by Crippen LogP contribution is 2.52. The van der Waals surface area contributed by atoms with Gasteiger partial charge in [0.05, 0.1) is 31.8 Å². The molecule has 1 N–H and O–H groups in total. The zero-order valence-electron chi connectivity index (χ0n) is 27.0. The smallest absolute Gasteiger partial charge is 0.259 e. The average molecular weight is 614 g/mol. The van der Waals surface area contributed by atoms with Crippen molar-refractivity contribution in [3.63, 3.8) is 0 Å². The first kappa shape index (κ1) is 32.6. The van der Waals surface area contributed by atoms with Crippen molar-refractivity contribution < 1.29 is 18.5 Å². The first-order chi connectivity index (χ1) is 21.1. The number of nitrogens with one attached hydrogen (secondary N) is 1. The molecule has 5 rings (SSSR count). The van der Waals surface area contributed by atoms with E-state index >= 15 is 0 Å². The molecule has 1 saturated heterocycles. The lowest BCUT2D eigenvalue weighted by atomic mass is 9.73. The Labute approximate surface area is 265 Å². The fraction of sp³-hybridized carbons (Fsp3) is 0.457. The Hall–Kier alpha value is -2.76. The van der Waals surface area contributed by atoms with Crippen molar-refractivity contribution >= 4 is 16.4 Å². The summed E-state index contributed by atoms with van der Waals surface area (Å²) in [4.78, 5) is 0. The minimum Gasteiger partial charge on any atom is -0.457 e. The van der Waals surface area contributed by atoms with Crippen LogP contribution in [0.2, 0.25) is 0 Å². The van der Waals surface area contributed by atoms with Crippen molar-refractivity contribution in [2.24, 2.45) is 0 Å². The van der Waals surface area contributed by atoms with Crippen LogP contribution in [-0.4, -0.2) is 56.0 Å². The maximum absolute atomic E-state index is 9.14. The van der Waals surface area contributed by atoms with E-state index in [2.05, 4.69) is 132 Å². The second kappa shape index (κ2) is 14.1. The molecule has 7 nitrogen and oxygen atoms in total. The van der Waals surface area contributed by atoms with Gasteiger partial charge in [-0.25, -0.2) is 4.67 Å². The number of fused-ring (bicyclic) bond motifs is 2. The molecule has 0 aliphatic carbocycles. The van der Waals surface area contributed by atoms with Crippen LogP contribution in [0, 0.1) is 25.2 Å². The van der Waals surface area contributed by atoms with E-state index in [1.807, 2.05) is 0 Å². The van der Waals surface area contributed by atoms with Gasteiger partial charge in [0, 0.05) is 35.3 Å². The molecule has 1 fully saturated rings. The third-order valence-corrected chi connectivity index (χ3v) is 10.4. The van der Waals surface area contributed by atoms with E-state index in [4.69, 9.17) is 23.8 Å². The normalized spacial score (nSPS) is 21.1. The molecule has 0 bridgehead atoms. The molecule has 0 saturated carbocycles. The van der Waals surface area contributed by atoms with E-state index in [1.54, 1.807) is 0 Å². The molecule has 3 aromatic carbocycles. The second-order valence-electron chi connectivity index (χ2n) is 12.5. The molecule has 0 spiro atoms. The van der Waals surface area contributed by atoms with Gasteiger partial charge in [-0.05, 0) is 77.8 Å². The lowest BCUT2D eigenvalue weighted by Gasteiger charge is -2.44. The van der Waals surface area contributed by atoms with Crippen LogP contribution in [0.15, 0.2) is 66.7 Å². The molecule has 44 heavy (non-hydrogen) atoms. The Morgan fingerprint density at radius 1 is 0.977 bits per heavy atom. The van der Waals surface area contributed by atoms with Crippen LogP contribution < -0.4 is 10.1 Å². The van der Waals surface area contributed by atoms with Crippen molar-refractivity contribution in [2.75, 3.05) is 13.2 Å². The monoisotopic (exact) mass is 613 g/mol. The Bertz CT molecular complexity index is 1400. The third kappa shape index (κ3) is 6.75. The van der Waals surface area contributed by atoms with Crippen molar-refractivity contribution in [1.82, 2.24) is 9.99 Å². The van der Waals surface area contributed by atoms with Crippen molar-refractivity contribution in [2.45, 2.75) is 90.2 Å². The van der Waals surface area contributed by atoms with Crippen molar-refractivity contribution in [3.8, 4) is 17.6 Å². The Morgan fingerprint density at radius 3 is 2.16 bits per heavy atom. The van der Waals surface area contributed by atoms with E-state index in [-0.39, 0.29) is 30.2 Å². The number of nitrogens with zero attached hydrogens (tertiary/aromatic N) is 2. The molecular formula is C35H45BN3O4P. The van der Waals surface area contributed by atoms with Crippen LogP contribution >= 0.6 is 8.53 Å². The molecule has 2 heterocycles. The van der Waals surface area contributed by atoms with Gasteiger partial charge in [-0.15, -0.1) is 0 Å². The fourth-order valence-electron chi connectivity index (χ4n) is 6.55. The molecule has 232 valence electrons. The molecule has 9 heteroatoms. The predicted octanol–water partition coefficient (Wildman–Crippen LogP) is 6.70. The van der Waals surface area contributed by atoms with Crippen molar-refractivity contribution in [1.29, 1.82) is 5.26 Å². The molecule has 0 radical (unpaired) electrons. The molecule has 2 aliphatic rings. The lowest BCUT2D eigenvalue weighted by molar-refractivity contribution is 0.0315. The van der Waals surface area contributed by atoms with E-state index in [9.17, 15) is 0 Å². The molecule has 0 aromatic heterocycles. The van der Waals surface area contributed by atoms with Gasteiger partial charge in [0.25, 0.3) is 8.53 Å². The predicted molar refractivity (Wildman–Crippen MR) is 179 cm³/mol. The second-order valence-corrected chi connectivity index (χ2v) is 14.0. The third-order valence-electron chi connectivity index (χ3n) is 8.36. The first-order valence-corrected chi connectivity index (χ1v) is 16.9. The summed E-state index contributed by atoms with van der Waals surface area (Å²) in [5, 5.41) is 13.3. The van der Waals surface area contributed by atoms with Crippen LogP contribution in [0.4, 0.5) is 0 Å². The fourth-order valence-corrected chi connectivity index (χ4v) is 8.16. The average Bonchev–Trinajstić information content (AvgIpc) is 3.34. The first-order valence-electron chi connectivity index (χ1n) is 15.7. The number of rotatable bonds is 12. The molecule has 3 aromatic rings. The Kier molecular flexibility index (Phi) is 10.5. The van der Waals surface area contributed by atoms with Crippen LogP contribution in [0.5, 0.6) is 11.5 Å². The standard InChI is InChI=1S/C35H45BN3O4P/c1-23(2)39(24(3)4)44(40-18-10-17-37)41-22-33-30(21-34(36)43-33)38-35(27-11-8-7-9-12-27)28-19-25(5)13-15-31(28)42-32-16-14-26(6)20-29(32)35/h7-9,11-16,19-20,23-24,30,33-34,38H,10,18,21-22,36H2,1-6H3/t30-,33+,34+,44?/m0/s1. The largest absolute Gasteiger partial charge is 0.457 e. The van der Waals surface area contributed by atoms with Gasteiger partial charge in [0.2, 0.25) is 0 Å². The van der Waals surface area contributed by atoms with Crippen LogP contribution in [0.3, 0.4) is 0 Å². The topological polar surface area (TPSA) is 76.0 Å². The number of nitriles is 1. The van der Waals surface area contributed by atoms with Gasteiger partial charge in [-0.3, -0.25) is 5.32 Å². The van der Waals surface area contributed by atoms with Gasteiger partial charge in [-0.1, -0.05) is 53.6 Å². The minimum atomic E-state index is -1.38. The molecule has 1 unspecified atom stereocenters. The summed E-state index contributed by atoms with van der Waals surface area (Å²) in [6.45, 7) is 13.6. The zero-order valence-corrected chi connectivity index (χ0v) is 27.9. The number of hydrogen-bond donors (Lipinski definition) is 1. The van der Waals surface area contributed by atoms with E-state index < -0.39 is 14.1 Å². The summed E-state index contributed by atoms with van der Waals surface area (Å²) in [7, 11) is 0.751. The van der Waals surface area contributed by atoms with Gasteiger partial charge in [0.15, 0.2) is 0 Å². The van der Waals surface area contributed by atoms with Crippen LogP contribution in [0.1, 0.15) is 68.4 Å². The summed E-state index contributed by atoms with van der Waals surface area (Å²) in [5.74, 6) is 1.70. The highest BCUT2D eigenvalue weighted by molar-refractivity contribution is 7.44. The summed E-state index contributed by atoms with van der Waals surface area (Å²) in [6.07, 6.45) is 0.949. The SMILES string of the molecule is B[C@H]1C[C@H](NC2(c3ccccc3)c3cc(C)ccc3Oc3ccc(C)cc32)[C@@H](COP(OCCC#N)N(C(C)C)C(C)C)O1. The highest BCUT2D eigenvalue weighted by atomic mass is 31.2. The van der Waals surface area contributed by atoms with Gasteiger partial charge >= 0.3 is 0 Å². The molecular weight excluding hydrogens is 568 g/mol. The molecule has 4 atom stereocenters. The number of aryl methyl sites for hydroxylation is 2. The highest BCUT2D eigenvalue weighted by Gasteiger charge is 2.48. The molecule has 2 aliphatic heterocycles. The minimum absolute atomic E-state index is 0.0208. The maximum Gasteiger partial charge on any atom is 0.259 e. The van der Waals surface area contributed by atoms with Gasteiger partial charge < -0.3 is 18.5 Å². The van der Waals surface area contributed by atoms with Crippen molar-refractivity contribution in [3.05, 3.63) is 94.5 Å². The summed E-state index contributed by atoms with van der Waals surface area (Å²) >= 11 is 0. The quantitative estimate of drug-likeness (QED) is 0.138. The zero-order chi connectivity index (χ0) is 31.4.